The predicted molar refractivity (Wildman–Crippen MR) is 68.7 cm³/mol. The van der Waals surface area contributed by atoms with Crippen molar-refractivity contribution >= 4 is 0 Å². The van der Waals surface area contributed by atoms with Gasteiger partial charge in [0.1, 0.15) is 0 Å². The lowest BCUT2D eigenvalue weighted by Gasteiger charge is -2.24. The molecule has 0 aliphatic carbocycles. The average molecular weight is 238 g/mol. The first-order valence-corrected chi connectivity index (χ1v) is 5.74. The number of pyridine rings is 1. The molecule has 0 aliphatic heterocycles. The second kappa shape index (κ2) is 4.99. The molecule has 2 rings (SSSR count). The van der Waals surface area contributed by atoms with Gasteiger partial charge < -0.3 is 5.11 Å². The van der Waals surface area contributed by atoms with Crippen molar-refractivity contribution in [3.05, 3.63) is 65.5 Å². The highest BCUT2D eigenvalue weighted by molar-refractivity contribution is 5.34. The Morgan fingerprint density at radius 1 is 1.17 bits per heavy atom. The fraction of sp³-hybridized carbons (Fsp3) is 0.200. The van der Waals surface area contributed by atoms with E-state index in [9.17, 15) is 5.11 Å². The molecule has 1 N–H and O–H groups in total. The molecule has 0 spiro atoms. The van der Waals surface area contributed by atoms with Gasteiger partial charge in [0.05, 0.1) is 17.2 Å². The van der Waals surface area contributed by atoms with Crippen LogP contribution in [0.15, 0.2) is 48.8 Å². The molecule has 0 aliphatic rings. The van der Waals surface area contributed by atoms with Crippen LogP contribution in [0.4, 0.5) is 0 Å². The van der Waals surface area contributed by atoms with E-state index < -0.39 is 5.60 Å². The van der Waals surface area contributed by atoms with Gasteiger partial charge in [-0.15, -0.1) is 0 Å². The zero-order chi connectivity index (χ0) is 13.0. The lowest BCUT2D eigenvalue weighted by Crippen LogP contribution is -2.24. The monoisotopic (exact) mass is 238 g/mol. The second-order valence-electron chi connectivity index (χ2n) is 4.50. The quantitative estimate of drug-likeness (QED) is 0.893. The summed E-state index contributed by atoms with van der Waals surface area (Å²) >= 11 is 0. The van der Waals surface area contributed by atoms with Crippen molar-refractivity contribution in [2.75, 3.05) is 0 Å². The maximum atomic E-state index is 10.5. The third kappa shape index (κ3) is 2.73. The Morgan fingerprint density at radius 3 is 2.33 bits per heavy atom. The second-order valence-corrected chi connectivity index (χ2v) is 4.50. The number of nitrogens with zero attached hydrogens (tertiary/aromatic N) is 2. The van der Waals surface area contributed by atoms with Crippen LogP contribution in [0.25, 0.3) is 0 Å². The van der Waals surface area contributed by atoms with Crippen molar-refractivity contribution in [2.45, 2.75) is 18.9 Å². The summed E-state index contributed by atoms with van der Waals surface area (Å²) < 4.78 is 0. The van der Waals surface area contributed by atoms with Gasteiger partial charge in [-0.05, 0) is 42.3 Å². The van der Waals surface area contributed by atoms with Crippen LogP contribution in [0, 0.1) is 11.3 Å². The van der Waals surface area contributed by atoms with Gasteiger partial charge in [-0.2, -0.15) is 5.26 Å². The zero-order valence-electron chi connectivity index (χ0n) is 10.2. The number of nitriles is 1. The smallest absolute Gasteiger partial charge is 0.0991 e. The lowest BCUT2D eigenvalue weighted by atomic mass is 9.89. The van der Waals surface area contributed by atoms with Crippen LogP contribution in [-0.2, 0) is 12.0 Å². The van der Waals surface area contributed by atoms with Crippen molar-refractivity contribution in [3.63, 3.8) is 0 Å². The number of rotatable bonds is 3. The van der Waals surface area contributed by atoms with E-state index in [1.54, 1.807) is 43.6 Å². The van der Waals surface area contributed by atoms with Crippen LogP contribution in [-0.4, -0.2) is 10.1 Å². The van der Waals surface area contributed by atoms with Gasteiger partial charge in [0.25, 0.3) is 0 Å². The van der Waals surface area contributed by atoms with Crippen LogP contribution in [0.3, 0.4) is 0 Å². The van der Waals surface area contributed by atoms with Gasteiger partial charge >= 0.3 is 0 Å². The fourth-order valence-electron chi connectivity index (χ4n) is 1.90. The molecule has 1 aromatic carbocycles. The molecule has 1 aromatic heterocycles. The number of benzene rings is 1. The highest BCUT2D eigenvalue weighted by Crippen LogP contribution is 2.25. The molecule has 0 amide bonds. The Bertz CT molecular complexity index is 553. The van der Waals surface area contributed by atoms with Crippen molar-refractivity contribution in [1.82, 2.24) is 4.98 Å². The minimum atomic E-state index is -0.949. The number of hydrogen-bond acceptors (Lipinski definition) is 3. The maximum absolute atomic E-state index is 10.5. The molecule has 0 bridgehead atoms. The normalized spacial score (nSPS) is 13.6. The number of hydrogen-bond donors (Lipinski definition) is 1. The fourth-order valence-corrected chi connectivity index (χ4v) is 1.90. The van der Waals surface area contributed by atoms with Crippen molar-refractivity contribution in [2.24, 2.45) is 0 Å². The summed E-state index contributed by atoms with van der Waals surface area (Å²) in [6, 6.07) is 12.9. The number of aliphatic hydroxyl groups is 1. The van der Waals surface area contributed by atoms with Crippen LogP contribution < -0.4 is 0 Å². The summed E-state index contributed by atoms with van der Waals surface area (Å²) in [5.41, 5.74) is 1.48. The number of aromatic nitrogens is 1. The van der Waals surface area contributed by atoms with Crippen molar-refractivity contribution < 1.29 is 5.11 Å². The highest BCUT2D eigenvalue weighted by Gasteiger charge is 2.23. The van der Waals surface area contributed by atoms with Crippen molar-refractivity contribution in [1.29, 1.82) is 5.26 Å². The predicted octanol–water partition coefficient (Wildman–Crippen LogP) is 2.40. The first-order chi connectivity index (χ1) is 8.62. The van der Waals surface area contributed by atoms with E-state index in [1.165, 1.54) is 0 Å². The van der Waals surface area contributed by atoms with Crippen molar-refractivity contribution in [3.8, 4) is 6.07 Å². The molecular formula is C15H14N2O. The minimum Gasteiger partial charge on any atom is -0.385 e. The largest absolute Gasteiger partial charge is 0.385 e. The molecule has 0 saturated carbocycles. The maximum Gasteiger partial charge on any atom is 0.0991 e. The Hall–Kier alpha value is -2.18. The third-order valence-corrected chi connectivity index (χ3v) is 2.93. The standard InChI is InChI=1S/C15H14N2O/c1-15(18,10-12-6-8-17-9-7-12)14-4-2-13(11-16)3-5-14/h2-9,18H,10H2,1H3. The average Bonchev–Trinajstić information content (AvgIpc) is 2.39. The van der Waals surface area contributed by atoms with Gasteiger partial charge in [-0.25, -0.2) is 0 Å². The highest BCUT2D eigenvalue weighted by atomic mass is 16.3. The van der Waals surface area contributed by atoms with E-state index in [0.717, 1.165) is 11.1 Å². The summed E-state index contributed by atoms with van der Waals surface area (Å²) in [6.07, 6.45) is 3.94. The summed E-state index contributed by atoms with van der Waals surface area (Å²) in [6.45, 7) is 1.77. The van der Waals surface area contributed by atoms with E-state index in [-0.39, 0.29) is 0 Å². The Labute approximate surface area is 106 Å². The summed E-state index contributed by atoms with van der Waals surface area (Å²) in [7, 11) is 0. The summed E-state index contributed by atoms with van der Waals surface area (Å²) in [4.78, 5) is 3.95. The van der Waals surface area contributed by atoms with E-state index in [2.05, 4.69) is 11.1 Å². The summed E-state index contributed by atoms with van der Waals surface area (Å²) in [5.74, 6) is 0. The molecule has 2 aromatic rings. The van der Waals surface area contributed by atoms with Crippen LogP contribution >= 0.6 is 0 Å². The molecule has 90 valence electrons. The first kappa shape index (κ1) is 12.3. The topological polar surface area (TPSA) is 56.9 Å². The van der Waals surface area contributed by atoms with Gasteiger partial charge in [0.2, 0.25) is 0 Å². The molecule has 0 fully saturated rings. The first-order valence-electron chi connectivity index (χ1n) is 5.74. The molecule has 1 heterocycles. The van der Waals surface area contributed by atoms with Gasteiger partial charge in [0.15, 0.2) is 0 Å². The van der Waals surface area contributed by atoms with Gasteiger partial charge in [-0.1, -0.05) is 12.1 Å². The SMILES string of the molecule is CC(O)(Cc1ccncc1)c1ccc(C#N)cc1. The van der Waals surface area contributed by atoms with E-state index >= 15 is 0 Å². The molecular weight excluding hydrogens is 224 g/mol. The molecule has 3 heteroatoms. The molecule has 0 radical (unpaired) electrons. The molecule has 3 nitrogen and oxygen atoms in total. The van der Waals surface area contributed by atoms with Crippen LogP contribution in [0.1, 0.15) is 23.6 Å². The zero-order valence-corrected chi connectivity index (χ0v) is 10.2. The molecule has 1 atom stereocenters. The Balaban J connectivity index is 2.22. The Kier molecular flexibility index (Phi) is 3.40. The van der Waals surface area contributed by atoms with Crippen LogP contribution in [0.5, 0.6) is 0 Å². The summed E-state index contributed by atoms with van der Waals surface area (Å²) in [5, 5.41) is 19.2. The van der Waals surface area contributed by atoms with E-state index in [4.69, 9.17) is 5.26 Å². The lowest BCUT2D eigenvalue weighted by molar-refractivity contribution is 0.0576. The van der Waals surface area contributed by atoms with E-state index in [0.29, 0.717) is 12.0 Å². The van der Waals surface area contributed by atoms with Gasteiger partial charge in [-0.3, -0.25) is 4.98 Å². The third-order valence-electron chi connectivity index (χ3n) is 2.93. The molecule has 1 unspecified atom stereocenters. The Morgan fingerprint density at radius 2 is 1.78 bits per heavy atom. The molecule has 18 heavy (non-hydrogen) atoms. The van der Waals surface area contributed by atoms with Gasteiger partial charge in [0, 0.05) is 18.8 Å². The van der Waals surface area contributed by atoms with Crippen LogP contribution in [0.2, 0.25) is 0 Å². The molecule has 0 saturated heterocycles. The minimum absolute atomic E-state index is 0.515. The van der Waals surface area contributed by atoms with E-state index in [1.807, 2.05) is 12.1 Å².